The normalized spacial score (nSPS) is 18.3. The van der Waals surface area contributed by atoms with Gasteiger partial charge in [0, 0.05) is 13.0 Å². The van der Waals surface area contributed by atoms with Gasteiger partial charge in [-0.2, -0.15) is 11.8 Å². The molecule has 0 saturated carbocycles. The third-order valence-electron chi connectivity index (χ3n) is 5.47. The van der Waals surface area contributed by atoms with Crippen molar-refractivity contribution in [1.82, 2.24) is 15.5 Å². The molecule has 1 aliphatic rings. The number of carboxylic acids is 1. The predicted molar refractivity (Wildman–Crippen MR) is 125 cm³/mol. The Balaban J connectivity index is 2.18. The second kappa shape index (κ2) is 12.4. The summed E-state index contributed by atoms with van der Waals surface area (Å²) in [5.41, 5.74) is 6.37. The number of nitrogens with one attached hydrogen (secondary N) is 2. The van der Waals surface area contributed by atoms with Crippen molar-refractivity contribution in [2.75, 3.05) is 18.6 Å². The molecule has 2 rings (SSSR count). The quantitative estimate of drug-likeness (QED) is 0.297. The average molecular weight is 481 g/mol. The number of amides is 3. The number of phenolic OH excluding ortho intramolecular Hbond substituents is 1. The van der Waals surface area contributed by atoms with Crippen LogP contribution in [0.2, 0.25) is 0 Å². The van der Waals surface area contributed by atoms with Crippen molar-refractivity contribution in [3.8, 4) is 5.75 Å². The van der Waals surface area contributed by atoms with Gasteiger partial charge < -0.3 is 31.5 Å². The first-order valence-corrected chi connectivity index (χ1v) is 12.2. The van der Waals surface area contributed by atoms with E-state index in [1.165, 1.54) is 35.7 Å². The van der Waals surface area contributed by atoms with Crippen LogP contribution in [-0.4, -0.2) is 81.5 Å². The largest absolute Gasteiger partial charge is 0.508 e. The second-order valence-electron chi connectivity index (χ2n) is 8.09. The molecule has 1 aromatic rings. The molecule has 0 bridgehead atoms. The number of carbonyl (C=O) groups excluding carboxylic acids is 3. The van der Waals surface area contributed by atoms with E-state index >= 15 is 0 Å². The molecule has 4 unspecified atom stereocenters. The highest BCUT2D eigenvalue weighted by molar-refractivity contribution is 7.98. The van der Waals surface area contributed by atoms with Crippen LogP contribution in [0.3, 0.4) is 0 Å². The summed E-state index contributed by atoms with van der Waals surface area (Å²) < 4.78 is 0. The van der Waals surface area contributed by atoms with Crippen LogP contribution < -0.4 is 16.4 Å². The monoisotopic (exact) mass is 480 g/mol. The lowest BCUT2D eigenvalue weighted by Crippen LogP contribution is -2.57. The number of benzene rings is 1. The summed E-state index contributed by atoms with van der Waals surface area (Å²) in [6.45, 7) is 1.82. The number of rotatable bonds is 11. The maximum Gasteiger partial charge on any atom is 0.326 e. The minimum absolute atomic E-state index is 0.0759. The van der Waals surface area contributed by atoms with Gasteiger partial charge in [-0.05, 0) is 55.9 Å². The topological polar surface area (TPSA) is 162 Å². The van der Waals surface area contributed by atoms with Gasteiger partial charge in [-0.3, -0.25) is 14.4 Å². The van der Waals surface area contributed by atoms with Crippen molar-refractivity contribution in [2.24, 2.45) is 5.73 Å². The van der Waals surface area contributed by atoms with Gasteiger partial charge in [-0.25, -0.2) is 4.79 Å². The first kappa shape index (κ1) is 26.5. The Morgan fingerprint density at radius 2 is 1.85 bits per heavy atom. The standard InChI is InChI=1S/C22H32N4O6S/c1-13(23)19(28)25-17(12-14-5-7-15(27)8-6-14)21(30)26-10-3-4-18(26)20(29)24-16(22(31)32)9-11-33-2/h5-8,13,16-18,27H,3-4,9-12,23H2,1-2H3,(H,24,29)(H,25,28)(H,31,32). The minimum Gasteiger partial charge on any atom is -0.508 e. The fourth-order valence-corrected chi connectivity index (χ4v) is 4.11. The Bertz CT molecular complexity index is 848. The van der Waals surface area contributed by atoms with Crippen molar-refractivity contribution >= 4 is 35.5 Å². The molecule has 1 aromatic carbocycles. The number of aromatic hydroxyl groups is 1. The summed E-state index contributed by atoms with van der Waals surface area (Å²) in [4.78, 5) is 51.4. The molecule has 1 aliphatic heterocycles. The first-order chi connectivity index (χ1) is 15.6. The summed E-state index contributed by atoms with van der Waals surface area (Å²) in [5, 5.41) is 24.1. The lowest BCUT2D eigenvalue weighted by molar-refractivity contribution is -0.145. The Morgan fingerprint density at radius 3 is 2.42 bits per heavy atom. The van der Waals surface area contributed by atoms with Crippen LogP contribution in [0.25, 0.3) is 0 Å². The highest BCUT2D eigenvalue weighted by Crippen LogP contribution is 2.21. The number of carboxylic acid groups (broad SMARTS) is 1. The fourth-order valence-electron chi connectivity index (χ4n) is 3.64. The van der Waals surface area contributed by atoms with E-state index in [-0.39, 0.29) is 18.6 Å². The number of aliphatic carboxylic acids is 1. The van der Waals surface area contributed by atoms with E-state index in [2.05, 4.69) is 10.6 Å². The number of thioether (sulfide) groups is 1. The summed E-state index contributed by atoms with van der Waals surface area (Å²) >= 11 is 1.48. The van der Waals surface area contributed by atoms with E-state index in [0.717, 1.165) is 0 Å². The number of likely N-dealkylation sites (tertiary alicyclic amines) is 1. The van der Waals surface area contributed by atoms with Gasteiger partial charge in [0.2, 0.25) is 17.7 Å². The van der Waals surface area contributed by atoms with E-state index < -0.39 is 47.9 Å². The van der Waals surface area contributed by atoms with E-state index in [9.17, 15) is 29.4 Å². The summed E-state index contributed by atoms with van der Waals surface area (Å²) in [5.74, 6) is -1.94. The van der Waals surface area contributed by atoms with Crippen molar-refractivity contribution < 1.29 is 29.4 Å². The number of hydrogen-bond acceptors (Lipinski definition) is 7. The predicted octanol–water partition coefficient (Wildman–Crippen LogP) is 0.0802. The molecule has 6 N–H and O–H groups in total. The molecule has 0 radical (unpaired) electrons. The zero-order valence-corrected chi connectivity index (χ0v) is 19.6. The smallest absolute Gasteiger partial charge is 0.326 e. The number of hydrogen-bond donors (Lipinski definition) is 5. The highest BCUT2D eigenvalue weighted by atomic mass is 32.2. The lowest BCUT2D eigenvalue weighted by atomic mass is 10.0. The second-order valence-corrected chi connectivity index (χ2v) is 9.08. The Labute approximate surface area is 197 Å². The van der Waals surface area contributed by atoms with Crippen LogP contribution in [-0.2, 0) is 25.6 Å². The van der Waals surface area contributed by atoms with Crippen molar-refractivity contribution in [3.05, 3.63) is 29.8 Å². The van der Waals surface area contributed by atoms with Gasteiger partial charge in [0.1, 0.15) is 23.9 Å². The van der Waals surface area contributed by atoms with Crippen molar-refractivity contribution in [2.45, 2.75) is 56.8 Å². The summed E-state index contributed by atoms with van der Waals surface area (Å²) in [7, 11) is 0. The van der Waals surface area contributed by atoms with Crippen LogP contribution in [0, 0.1) is 0 Å². The molecule has 0 spiro atoms. The summed E-state index contributed by atoms with van der Waals surface area (Å²) in [6, 6.07) is 2.61. The molecule has 4 atom stereocenters. The SMILES string of the molecule is CSCCC(NC(=O)C1CCCN1C(=O)C(Cc1ccc(O)cc1)NC(=O)C(C)N)C(=O)O. The molecule has 182 valence electrons. The van der Waals surface area contributed by atoms with Crippen LogP contribution in [0.15, 0.2) is 24.3 Å². The Morgan fingerprint density at radius 1 is 1.18 bits per heavy atom. The van der Waals surface area contributed by atoms with Crippen molar-refractivity contribution in [3.63, 3.8) is 0 Å². The fraction of sp³-hybridized carbons (Fsp3) is 0.545. The molecular weight excluding hydrogens is 448 g/mol. The van der Waals surface area contributed by atoms with Gasteiger partial charge in [0.15, 0.2) is 0 Å². The van der Waals surface area contributed by atoms with Crippen LogP contribution in [0.1, 0.15) is 31.7 Å². The zero-order chi connectivity index (χ0) is 24.5. The molecule has 33 heavy (non-hydrogen) atoms. The number of nitrogens with two attached hydrogens (primary N) is 1. The Kier molecular flexibility index (Phi) is 9.98. The van der Waals surface area contributed by atoms with Gasteiger partial charge >= 0.3 is 5.97 Å². The van der Waals surface area contributed by atoms with Gasteiger partial charge in [0.25, 0.3) is 0 Å². The maximum atomic E-state index is 13.4. The number of carbonyl (C=O) groups is 4. The molecule has 1 saturated heterocycles. The van der Waals surface area contributed by atoms with Gasteiger partial charge in [-0.1, -0.05) is 12.1 Å². The van der Waals surface area contributed by atoms with E-state index in [0.29, 0.717) is 30.7 Å². The number of phenols is 1. The molecule has 11 heteroatoms. The third-order valence-corrected chi connectivity index (χ3v) is 6.11. The van der Waals surface area contributed by atoms with Crippen LogP contribution >= 0.6 is 11.8 Å². The summed E-state index contributed by atoms with van der Waals surface area (Å²) in [6.07, 6.45) is 3.26. The Hall–Kier alpha value is -2.79. The minimum atomic E-state index is -1.12. The molecule has 0 aliphatic carbocycles. The third kappa shape index (κ3) is 7.64. The molecule has 3 amide bonds. The van der Waals surface area contributed by atoms with E-state index in [1.807, 2.05) is 6.26 Å². The molecule has 1 heterocycles. The number of nitrogens with zero attached hydrogens (tertiary/aromatic N) is 1. The molecule has 1 fully saturated rings. The highest BCUT2D eigenvalue weighted by Gasteiger charge is 2.39. The molecule has 0 aromatic heterocycles. The maximum absolute atomic E-state index is 13.4. The lowest BCUT2D eigenvalue weighted by Gasteiger charge is -2.30. The molecular formula is C22H32N4O6S. The zero-order valence-electron chi connectivity index (χ0n) is 18.8. The first-order valence-electron chi connectivity index (χ1n) is 10.8. The van der Waals surface area contributed by atoms with E-state index in [4.69, 9.17) is 5.73 Å². The average Bonchev–Trinajstić information content (AvgIpc) is 3.26. The van der Waals surface area contributed by atoms with Crippen molar-refractivity contribution in [1.29, 1.82) is 0 Å². The van der Waals surface area contributed by atoms with Gasteiger partial charge in [-0.15, -0.1) is 0 Å². The van der Waals surface area contributed by atoms with Crippen LogP contribution in [0.5, 0.6) is 5.75 Å². The van der Waals surface area contributed by atoms with Crippen LogP contribution in [0.4, 0.5) is 0 Å². The van der Waals surface area contributed by atoms with Gasteiger partial charge in [0.05, 0.1) is 6.04 Å². The van der Waals surface area contributed by atoms with E-state index in [1.54, 1.807) is 12.1 Å². The molecule has 10 nitrogen and oxygen atoms in total.